The molecule has 3 amide bonds. The van der Waals surface area contributed by atoms with Crippen LogP contribution >= 0.6 is 0 Å². The number of aromatic nitrogens is 3. The Hall–Kier alpha value is -5.21. The van der Waals surface area contributed by atoms with Gasteiger partial charge in [0.15, 0.2) is 11.5 Å². The zero-order valence-electron chi connectivity index (χ0n) is 27.0. The van der Waals surface area contributed by atoms with Crippen LogP contribution in [0.3, 0.4) is 0 Å². The van der Waals surface area contributed by atoms with E-state index in [2.05, 4.69) is 31.2 Å². The highest BCUT2D eigenvalue weighted by molar-refractivity contribution is 5.99. The molecule has 3 atom stereocenters. The van der Waals surface area contributed by atoms with E-state index in [9.17, 15) is 19.5 Å². The Kier molecular flexibility index (Phi) is 11.8. The number of methoxy groups -OCH3 is 1. The van der Waals surface area contributed by atoms with Crippen LogP contribution in [0, 0.1) is 0 Å². The third-order valence-corrected chi connectivity index (χ3v) is 7.93. The quantitative estimate of drug-likeness (QED) is 0.221. The number of hydrogen-bond donors (Lipinski definition) is 4. The first-order valence-electron chi connectivity index (χ1n) is 15.8. The van der Waals surface area contributed by atoms with Gasteiger partial charge in [0.1, 0.15) is 24.5 Å². The molecule has 4 N–H and O–H groups in total. The van der Waals surface area contributed by atoms with E-state index >= 15 is 0 Å². The van der Waals surface area contributed by atoms with Crippen molar-refractivity contribution in [3.8, 4) is 11.5 Å². The SMILES string of the molecule is COc1cc2ccc1OCCn1cc(nn1)CCN(Cc1ccco1)CCNC(=O)[C@H]([C@@H](C)O)NC(=O)[C@@H](Cc1ccccc1)NC2=O. The number of ether oxygens (including phenoxy) is 2. The molecule has 4 heterocycles. The lowest BCUT2D eigenvalue weighted by Crippen LogP contribution is -2.58. The first kappa shape index (κ1) is 34.1. The van der Waals surface area contributed by atoms with Crippen LogP contribution in [0.4, 0.5) is 0 Å². The lowest BCUT2D eigenvalue weighted by atomic mass is 10.0. The van der Waals surface area contributed by atoms with E-state index in [-0.39, 0.29) is 25.1 Å². The van der Waals surface area contributed by atoms with Crippen molar-refractivity contribution < 1.29 is 33.4 Å². The van der Waals surface area contributed by atoms with E-state index in [0.717, 1.165) is 17.0 Å². The Morgan fingerprint density at radius 2 is 1.85 bits per heavy atom. The van der Waals surface area contributed by atoms with Crippen LogP contribution < -0.4 is 25.4 Å². The summed E-state index contributed by atoms with van der Waals surface area (Å²) in [6.07, 6.45) is 3.00. The molecule has 4 bridgehead atoms. The van der Waals surface area contributed by atoms with E-state index in [1.54, 1.807) is 23.1 Å². The van der Waals surface area contributed by atoms with Gasteiger partial charge in [-0.1, -0.05) is 35.5 Å². The Balaban J connectivity index is 1.40. The zero-order chi connectivity index (χ0) is 33.9. The third kappa shape index (κ3) is 9.42. The molecule has 4 aromatic rings. The number of rotatable bonds is 6. The van der Waals surface area contributed by atoms with Gasteiger partial charge < -0.3 is 34.9 Å². The van der Waals surface area contributed by atoms with E-state index in [0.29, 0.717) is 44.1 Å². The Morgan fingerprint density at radius 1 is 1.02 bits per heavy atom. The maximum atomic E-state index is 13.7. The Bertz CT molecular complexity index is 1640. The number of nitrogens with zero attached hydrogens (tertiary/aromatic N) is 4. The van der Waals surface area contributed by atoms with E-state index in [1.807, 2.05) is 48.7 Å². The number of carbonyl (C=O) groups excluding carboxylic acids is 3. The molecule has 0 radical (unpaired) electrons. The number of carbonyl (C=O) groups is 3. The fraction of sp³-hybridized carbons (Fsp3) is 0.382. The summed E-state index contributed by atoms with van der Waals surface area (Å²) in [7, 11) is 1.47. The van der Waals surface area contributed by atoms with Gasteiger partial charge in [-0.05, 0) is 42.8 Å². The Morgan fingerprint density at radius 3 is 2.60 bits per heavy atom. The summed E-state index contributed by atoms with van der Waals surface area (Å²) in [6.45, 7) is 3.94. The number of nitrogens with one attached hydrogen (secondary N) is 3. The number of amides is 3. The average molecular weight is 660 g/mol. The van der Waals surface area contributed by atoms with Gasteiger partial charge in [-0.3, -0.25) is 19.3 Å². The molecule has 0 spiro atoms. The first-order chi connectivity index (χ1) is 23.3. The fourth-order valence-electron chi connectivity index (χ4n) is 5.31. The molecule has 2 aliphatic heterocycles. The van der Waals surface area contributed by atoms with Crippen molar-refractivity contribution in [2.24, 2.45) is 0 Å². The maximum absolute atomic E-state index is 13.7. The van der Waals surface area contributed by atoms with E-state index < -0.39 is 35.9 Å². The normalized spacial score (nSPS) is 19.4. The zero-order valence-corrected chi connectivity index (χ0v) is 27.0. The average Bonchev–Trinajstić information content (AvgIpc) is 3.77. The highest BCUT2D eigenvalue weighted by atomic mass is 16.5. The van der Waals surface area contributed by atoms with Gasteiger partial charge in [0.2, 0.25) is 11.8 Å². The van der Waals surface area contributed by atoms with Crippen LogP contribution in [0.15, 0.2) is 77.5 Å². The number of aliphatic hydroxyl groups excluding tert-OH is 1. The molecular weight excluding hydrogens is 618 g/mol. The molecule has 14 heteroatoms. The summed E-state index contributed by atoms with van der Waals surface area (Å²) in [5.74, 6) is -0.159. The second kappa shape index (κ2) is 16.6. The second-order valence-corrected chi connectivity index (χ2v) is 11.5. The number of furan rings is 1. The van der Waals surface area contributed by atoms with Gasteiger partial charge in [-0.15, -0.1) is 5.10 Å². The first-order valence-corrected chi connectivity index (χ1v) is 15.8. The molecule has 0 saturated heterocycles. The summed E-state index contributed by atoms with van der Waals surface area (Å²) in [5, 5.41) is 27.4. The Labute approximate surface area is 278 Å². The standard InChI is InChI=1S/C34H41N7O7/c1-23(42)31-34(45)35-13-15-40(22-27-9-6-17-47-27)14-12-26-21-41(39-38-26)16-18-48-29-11-10-25(20-30(29)46-2)32(43)36-28(33(44)37-31)19-24-7-4-3-5-8-24/h3-11,17,20-21,23,28,31,42H,12-16,18-19,22H2,1-2H3,(H,35,45)(H,36,43)(H,37,44)/t23-,28-,31+/m1/s1. The predicted molar refractivity (Wildman–Crippen MR) is 174 cm³/mol. The molecule has 48 heavy (non-hydrogen) atoms. The minimum Gasteiger partial charge on any atom is -0.493 e. The molecule has 0 fully saturated rings. The van der Waals surface area contributed by atoms with Crippen molar-refractivity contribution in [3.05, 3.63) is 95.7 Å². The fourth-order valence-corrected chi connectivity index (χ4v) is 5.31. The van der Waals surface area contributed by atoms with Crippen LogP contribution in [0.2, 0.25) is 0 Å². The second-order valence-electron chi connectivity index (χ2n) is 11.5. The smallest absolute Gasteiger partial charge is 0.252 e. The van der Waals surface area contributed by atoms with Crippen molar-refractivity contribution in [1.82, 2.24) is 35.8 Å². The van der Waals surface area contributed by atoms with Crippen LogP contribution in [0.1, 0.15) is 34.3 Å². The maximum Gasteiger partial charge on any atom is 0.252 e. The monoisotopic (exact) mass is 659 g/mol. The van der Waals surface area contributed by atoms with Gasteiger partial charge in [0.05, 0.1) is 38.3 Å². The third-order valence-electron chi connectivity index (χ3n) is 7.93. The molecule has 254 valence electrons. The summed E-state index contributed by atoms with van der Waals surface area (Å²) in [5.41, 5.74) is 1.83. The predicted octanol–water partition coefficient (Wildman–Crippen LogP) is 1.34. The largest absolute Gasteiger partial charge is 0.493 e. The van der Waals surface area contributed by atoms with E-state index in [1.165, 1.54) is 20.1 Å². The van der Waals surface area contributed by atoms with E-state index in [4.69, 9.17) is 13.9 Å². The molecular formula is C34H41N7O7. The van der Waals surface area contributed by atoms with Gasteiger partial charge in [-0.25, -0.2) is 4.68 Å². The van der Waals surface area contributed by atoms with Crippen LogP contribution in [-0.4, -0.2) is 94.3 Å². The summed E-state index contributed by atoms with van der Waals surface area (Å²) in [6, 6.07) is 15.3. The molecule has 2 aromatic carbocycles. The van der Waals surface area contributed by atoms with Crippen LogP contribution in [0.25, 0.3) is 0 Å². The van der Waals surface area contributed by atoms with Gasteiger partial charge in [0.25, 0.3) is 5.91 Å². The molecule has 2 aliphatic rings. The molecule has 0 unspecified atom stereocenters. The van der Waals surface area contributed by atoms with Crippen molar-refractivity contribution in [2.75, 3.05) is 33.4 Å². The summed E-state index contributed by atoms with van der Waals surface area (Å²) >= 11 is 0. The number of hydrogen-bond acceptors (Lipinski definition) is 10. The van der Waals surface area contributed by atoms with Crippen molar-refractivity contribution in [3.63, 3.8) is 0 Å². The van der Waals surface area contributed by atoms with Crippen molar-refractivity contribution in [1.29, 1.82) is 0 Å². The number of aliphatic hydroxyl groups is 1. The van der Waals surface area contributed by atoms with Crippen LogP contribution in [0.5, 0.6) is 11.5 Å². The molecule has 0 saturated carbocycles. The molecule has 2 aromatic heterocycles. The number of fused-ring (bicyclic) bond motifs is 16. The topological polar surface area (TPSA) is 173 Å². The van der Waals surface area contributed by atoms with Gasteiger partial charge >= 0.3 is 0 Å². The highest BCUT2D eigenvalue weighted by Crippen LogP contribution is 2.28. The molecule has 0 aliphatic carbocycles. The highest BCUT2D eigenvalue weighted by Gasteiger charge is 2.30. The van der Waals surface area contributed by atoms with Crippen molar-refractivity contribution >= 4 is 17.7 Å². The van der Waals surface area contributed by atoms with Gasteiger partial charge in [0, 0.05) is 44.2 Å². The summed E-state index contributed by atoms with van der Waals surface area (Å²) < 4.78 is 18.7. The molecule has 6 rings (SSSR count). The minimum absolute atomic E-state index is 0.149. The molecule has 14 nitrogen and oxygen atoms in total. The van der Waals surface area contributed by atoms with Crippen LogP contribution in [-0.2, 0) is 35.5 Å². The van der Waals surface area contributed by atoms with Gasteiger partial charge in [-0.2, -0.15) is 0 Å². The minimum atomic E-state index is -1.26. The summed E-state index contributed by atoms with van der Waals surface area (Å²) in [4.78, 5) is 42.5. The number of benzene rings is 2. The lowest BCUT2D eigenvalue weighted by Gasteiger charge is -2.26. The van der Waals surface area contributed by atoms with Crippen molar-refractivity contribution in [2.45, 2.75) is 51.0 Å². The lowest BCUT2D eigenvalue weighted by molar-refractivity contribution is -0.132.